The fraction of sp³-hybridized carbons (Fsp3) is 0.273. The second-order valence-electron chi connectivity index (χ2n) is 3.82. The van der Waals surface area contributed by atoms with Crippen molar-refractivity contribution in [2.24, 2.45) is 0 Å². The van der Waals surface area contributed by atoms with Crippen LogP contribution in [0.1, 0.15) is 19.5 Å². The summed E-state index contributed by atoms with van der Waals surface area (Å²) in [4.78, 5) is 15.3. The topological polar surface area (TPSA) is 48.4 Å². The second-order valence-corrected chi connectivity index (χ2v) is 4.90. The van der Waals surface area contributed by atoms with Crippen LogP contribution < -0.4 is 0 Å². The minimum atomic E-state index is -0.731. The molecule has 1 fully saturated rings. The molecule has 1 aliphatic heterocycles. The highest BCUT2D eigenvalue weighted by Crippen LogP contribution is 2.38. The number of hydrogen-bond donors (Lipinski definition) is 0. The molecule has 0 amide bonds. The van der Waals surface area contributed by atoms with Crippen molar-refractivity contribution < 1.29 is 14.3 Å². The third kappa shape index (κ3) is 2.04. The van der Waals surface area contributed by atoms with Gasteiger partial charge in [0, 0.05) is 6.20 Å². The Bertz CT molecular complexity index is 454. The summed E-state index contributed by atoms with van der Waals surface area (Å²) in [5.74, 6) is 0.511. The number of nitrogens with zero attached hydrogens (tertiary/aromatic N) is 1. The van der Waals surface area contributed by atoms with Crippen molar-refractivity contribution in [3.63, 3.8) is 0 Å². The van der Waals surface area contributed by atoms with E-state index in [0.717, 1.165) is 9.27 Å². The van der Waals surface area contributed by atoms with Crippen molar-refractivity contribution in [3.05, 3.63) is 35.8 Å². The number of halogens is 1. The van der Waals surface area contributed by atoms with Crippen LogP contribution >= 0.6 is 22.6 Å². The van der Waals surface area contributed by atoms with Gasteiger partial charge in [-0.1, -0.05) is 6.07 Å². The molecule has 1 saturated heterocycles. The van der Waals surface area contributed by atoms with E-state index in [9.17, 15) is 4.79 Å². The van der Waals surface area contributed by atoms with Crippen LogP contribution in [0.5, 0.6) is 0 Å². The molecule has 1 aromatic heterocycles. The van der Waals surface area contributed by atoms with Crippen LogP contribution in [0.15, 0.2) is 30.2 Å². The molecule has 0 atom stereocenters. The molecule has 16 heavy (non-hydrogen) atoms. The quantitative estimate of drug-likeness (QED) is 0.586. The van der Waals surface area contributed by atoms with Gasteiger partial charge in [0.1, 0.15) is 0 Å². The molecule has 5 heteroatoms. The Morgan fingerprint density at radius 1 is 1.44 bits per heavy atom. The first kappa shape index (κ1) is 11.4. The smallest absolute Gasteiger partial charge is 0.420 e. The molecule has 84 valence electrons. The average Bonchev–Trinajstić information content (AvgIpc) is 2.52. The van der Waals surface area contributed by atoms with Gasteiger partial charge in [0.2, 0.25) is 0 Å². The maximum Gasteiger partial charge on any atom is 0.514 e. The summed E-state index contributed by atoms with van der Waals surface area (Å²) >= 11 is 2.10. The zero-order chi connectivity index (χ0) is 11.8. The lowest BCUT2D eigenvalue weighted by Crippen LogP contribution is -2.20. The molecule has 0 unspecified atom stereocenters. The number of cyclic esters (lactones) is 2. The lowest BCUT2D eigenvalue weighted by molar-refractivity contribution is 0.0873. The van der Waals surface area contributed by atoms with Gasteiger partial charge in [-0.15, -0.1) is 0 Å². The Morgan fingerprint density at radius 2 is 2.19 bits per heavy atom. The fourth-order valence-corrected chi connectivity index (χ4v) is 2.48. The Hall–Kier alpha value is -1.11. The van der Waals surface area contributed by atoms with E-state index in [0.29, 0.717) is 5.76 Å². The predicted octanol–water partition coefficient (Wildman–Crippen LogP) is 3.13. The molecule has 0 radical (unpaired) electrons. The molecule has 1 aliphatic rings. The maximum absolute atomic E-state index is 11.1. The monoisotopic (exact) mass is 331 g/mol. The van der Waals surface area contributed by atoms with E-state index < -0.39 is 11.8 Å². The number of ether oxygens (including phenoxy) is 2. The first-order valence-corrected chi connectivity index (χ1v) is 5.81. The first-order chi connectivity index (χ1) is 7.50. The molecule has 0 aliphatic carbocycles. The van der Waals surface area contributed by atoms with E-state index in [2.05, 4.69) is 27.6 Å². The van der Waals surface area contributed by atoms with E-state index >= 15 is 0 Å². The van der Waals surface area contributed by atoms with Crippen molar-refractivity contribution >= 4 is 32.3 Å². The van der Waals surface area contributed by atoms with Crippen LogP contribution in [-0.4, -0.2) is 16.7 Å². The number of carbonyl (C=O) groups excluding carboxylic acids is 1. The Kier molecular flexibility index (Phi) is 2.88. The van der Waals surface area contributed by atoms with Crippen molar-refractivity contribution in [1.82, 2.24) is 4.98 Å². The number of carbonyl (C=O) groups is 1. The predicted molar refractivity (Wildman–Crippen MR) is 66.8 cm³/mol. The molecule has 1 aromatic rings. The normalized spacial score (nSPS) is 21.3. The number of aromatic nitrogens is 1. The zero-order valence-electron chi connectivity index (χ0n) is 8.86. The molecular weight excluding hydrogens is 321 g/mol. The molecule has 0 bridgehead atoms. The van der Waals surface area contributed by atoms with Crippen molar-refractivity contribution in [1.29, 1.82) is 0 Å². The van der Waals surface area contributed by atoms with Gasteiger partial charge in [0.05, 0.1) is 9.27 Å². The molecule has 2 heterocycles. The van der Waals surface area contributed by atoms with Crippen LogP contribution in [0.2, 0.25) is 0 Å². The second kappa shape index (κ2) is 4.04. The molecular formula is C11H10INO3. The lowest BCUT2D eigenvalue weighted by Gasteiger charge is -2.15. The molecule has 0 aromatic carbocycles. The average molecular weight is 331 g/mol. The van der Waals surface area contributed by atoms with Crippen molar-refractivity contribution in [2.45, 2.75) is 19.4 Å². The standard InChI is InChI=1S/C11H10INO3/c1-11(2)9(15-10(14)16-11)8(12)7-5-3-4-6-13-7/h3-6H,1-2H3/b9-8+. The Balaban J connectivity index is 2.46. The molecule has 0 spiro atoms. The van der Waals surface area contributed by atoms with Gasteiger partial charge in [0.25, 0.3) is 0 Å². The van der Waals surface area contributed by atoms with Crippen molar-refractivity contribution in [3.8, 4) is 0 Å². The minimum absolute atomic E-state index is 0.511. The minimum Gasteiger partial charge on any atom is -0.420 e. The van der Waals surface area contributed by atoms with E-state index in [1.165, 1.54) is 0 Å². The highest BCUT2D eigenvalue weighted by atomic mass is 127. The van der Waals surface area contributed by atoms with Crippen LogP contribution in [-0.2, 0) is 9.47 Å². The van der Waals surface area contributed by atoms with E-state index in [-0.39, 0.29) is 0 Å². The highest BCUT2D eigenvalue weighted by Gasteiger charge is 2.41. The van der Waals surface area contributed by atoms with Crippen molar-refractivity contribution in [2.75, 3.05) is 0 Å². The van der Waals surface area contributed by atoms with Crippen LogP contribution in [0, 0.1) is 0 Å². The molecule has 0 saturated carbocycles. The van der Waals surface area contributed by atoms with E-state index in [4.69, 9.17) is 9.47 Å². The third-order valence-electron chi connectivity index (χ3n) is 2.16. The van der Waals surface area contributed by atoms with E-state index in [1.807, 2.05) is 18.2 Å². The highest BCUT2D eigenvalue weighted by molar-refractivity contribution is 14.1. The summed E-state index contributed by atoms with van der Waals surface area (Å²) in [5, 5.41) is 0. The molecule has 2 rings (SSSR count). The van der Waals surface area contributed by atoms with Gasteiger partial charge in [-0.2, -0.15) is 0 Å². The van der Waals surface area contributed by atoms with Crippen LogP contribution in [0.25, 0.3) is 3.58 Å². The van der Waals surface area contributed by atoms with Gasteiger partial charge in [0.15, 0.2) is 11.4 Å². The SMILES string of the molecule is CC1(C)OC(=O)O/C1=C(/I)c1ccccn1. The summed E-state index contributed by atoms with van der Waals surface area (Å²) in [6, 6.07) is 5.57. The summed E-state index contributed by atoms with van der Waals surface area (Å²) in [5.41, 5.74) is 0.0370. The molecule has 0 N–H and O–H groups in total. The summed E-state index contributed by atoms with van der Waals surface area (Å²) in [6.07, 6.45) is 1.03. The number of pyridine rings is 1. The largest absolute Gasteiger partial charge is 0.514 e. The summed E-state index contributed by atoms with van der Waals surface area (Å²) in [7, 11) is 0. The number of hydrogen-bond acceptors (Lipinski definition) is 4. The summed E-state index contributed by atoms with van der Waals surface area (Å²) < 4.78 is 10.9. The number of rotatable bonds is 1. The van der Waals surface area contributed by atoms with E-state index in [1.54, 1.807) is 20.0 Å². The summed E-state index contributed by atoms with van der Waals surface area (Å²) in [6.45, 7) is 3.57. The van der Waals surface area contributed by atoms with Gasteiger partial charge in [-0.3, -0.25) is 4.98 Å². The lowest BCUT2D eigenvalue weighted by atomic mass is 10.1. The molecule has 4 nitrogen and oxygen atoms in total. The van der Waals surface area contributed by atoms with Crippen LogP contribution in [0.4, 0.5) is 4.79 Å². The third-order valence-corrected chi connectivity index (χ3v) is 3.20. The zero-order valence-corrected chi connectivity index (χ0v) is 11.0. The van der Waals surface area contributed by atoms with Crippen LogP contribution in [0.3, 0.4) is 0 Å². The Morgan fingerprint density at radius 3 is 2.69 bits per heavy atom. The van der Waals surface area contributed by atoms with Gasteiger partial charge in [-0.05, 0) is 48.6 Å². The van der Waals surface area contributed by atoms with Gasteiger partial charge >= 0.3 is 6.16 Å². The van der Waals surface area contributed by atoms with Gasteiger partial charge in [-0.25, -0.2) is 4.79 Å². The first-order valence-electron chi connectivity index (χ1n) is 4.73. The van der Waals surface area contributed by atoms with Gasteiger partial charge < -0.3 is 9.47 Å². The Labute approximate surface area is 107 Å². The maximum atomic E-state index is 11.1. The fourth-order valence-electron chi connectivity index (χ4n) is 1.40.